The van der Waals surface area contributed by atoms with E-state index in [1.54, 1.807) is 12.1 Å². The predicted molar refractivity (Wildman–Crippen MR) is 87.0 cm³/mol. The van der Waals surface area contributed by atoms with Gasteiger partial charge in [0.25, 0.3) is 0 Å². The number of rotatable bonds is 2. The lowest BCUT2D eigenvalue weighted by molar-refractivity contribution is 0.0985. The van der Waals surface area contributed by atoms with Gasteiger partial charge in [-0.25, -0.2) is 9.37 Å². The first-order valence-corrected chi connectivity index (χ1v) is 7.71. The van der Waals surface area contributed by atoms with Crippen LogP contribution in [0.1, 0.15) is 12.5 Å². The van der Waals surface area contributed by atoms with E-state index in [4.69, 9.17) is 21.3 Å². The molecule has 0 unspecified atom stereocenters. The summed E-state index contributed by atoms with van der Waals surface area (Å²) in [6.07, 6.45) is 0. The van der Waals surface area contributed by atoms with Gasteiger partial charge in [0.1, 0.15) is 11.6 Å². The topological polar surface area (TPSA) is 25.4 Å². The molecule has 1 aromatic heterocycles. The minimum Gasteiger partial charge on any atom is -0.377 e. The van der Waals surface area contributed by atoms with Gasteiger partial charge in [-0.05, 0) is 49.7 Å². The fourth-order valence-electron chi connectivity index (χ4n) is 2.67. The molecule has 1 aromatic carbocycles. The van der Waals surface area contributed by atoms with Crippen molar-refractivity contribution in [2.75, 3.05) is 24.7 Å². The molecule has 1 aliphatic heterocycles. The van der Waals surface area contributed by atoms with Crippen LogP contribution >= 0.6 is 11.6 Å². The Morgan fingerprint density at radius 2 is 2.14 bits per heavy atom. The summed E-state index contributed by atoms with van der Waals surface area (Å²) in [4.78, 5) is 6.98. The molecule has 116 valence electrons. The van der Waals surface area contributed by atoms with Gasteiger partial charge < -0.3 is 9.64 Å². The molecular weight excluding hydrogens is 303 g/mol. The third kappa shape index (κ3) is 3.08. The standard InChI is InChI=1S/C17H18ClFN2O/c1-11-7-16(13-3-4-15(19)14(18)9-13)20-17(8-11)21-5-6-22-10-12(21)2/h3-4,7-9,12H,5-6,10H2,1-2H3/t12-/m0/s1. The van der Waals surface area contributed by atoms with E-state index in [1.165, 1.54) is 6.07 Å². The Kier molecular flexibility index (Phi) is 4.32. The van der Waals surface area contributed by atoms with Crippen molar-refractivity contribution in [3.05, 3.63) is 46.7 Å². The first-order chi connectivity index (χ1) is 10.5. The maximum absolute atomic E-state index is 13.3. The van der Waals surface area contributed by atoms with Crippen molar-refractivity contribution in [1.29, 1.82) is 0 Å². The Morgan fingerprint density at radius 1 is 1.32 bits per heavy atom. The summed E-state index contributed by atoms with van der Waals surface area (Å²) >= 11 is 5.89. The smallest absolute Gasteiger partial charge is 0.141 e. The van der Waals surface area contributed by atoms with Crippen LogP contribution in [0.4, 0.5) is 10.2 Å². The average molecular weight is 321 g/mol. The maximum atomic E-state index is 13.3. The normalized spacial score (nSPS) is 18.5. The van der Waals surface area contributed by atoms with E-state index < -0.39 is 5.82 Å². The molecule has 3 rings (SSSR count). The SMILES string of the molecule is Cc1cc(-c2ccc(F)c(Cl)c2)nc(N2CCOC[C@@H]2C)c1. The van der Waals surface area contributed by atoms with Gasteiger partial charge >= 0.3 is 0 Å². The largest absolute Gasteiger partial charge is 0.377 e. The van der Waals surface area contributed by atoms with Gasteiger partial charge in [-0.2, -0.15) is 0 Å². The highest BCUT2D eigenvalue weighted by atomic mass is 35.5. The number of aryl methyl sites for hydroxylation is 1. The number of nitrogens with zero attached hydrogens (tertiary/aromatic N) is 2. The van der Waals surface area contributed by atoms with Gasteiger partial charge in [0.2, 0.25) is 0 Å². The summed E-state index contributed by atoms with van der Waals surface area (Å²) in [5.41, 5.74) is 2.73. The van der Waals surface area contributed by atoms with Crippen molar-refractivity contribution in [2.24, 2.45) is 0 Å². The molecule has 1 atom stereocenters. The van der Waals surface area contributed by atoms with Crippen molar-refractivity contribution in [3.8, 4) is 11.3 Å². The van der Waals surface area contributed by atoms with E-state index in [0.717, 1.165) is 29.2 Å². The van der Waals surface area contributed by atoms with Gasteiger partial charge in [0, 0.05) is 12.1 Å². The summed E-state index contributed by atoms with van der Waals surface area (Å²) < 4.78 is 18.8. The molecule has 5 heteroatoms. The Labute approximate surface area is 134 Å². The van der Waals surface area contributed by atoms with Crippen LogP contribution in [0.15, 0.2) is 30.3 Å². The van der Waals surface area contributed by atoms with Crippen LogP contribution in [0.25, 0.3) is 11.3 Å². The van der Waals surface area contributed by atoms with Crippen molar-refractivity contribution in [2.45, 2.75) is 19.9 Å². The molecule has 22 heavy (non-hydrogen) atoms. The molecule has 0 aliphatic carbocycles. The molecule has 0 bridgehead atoms. The number of morpholine rings is 1. The second-order valence-electron chi connectivity index (χ2n) is 5.63. The summed E-state index contributed by atoms with van der Waals surface area (Å²) in [7, 11) is 0. The highest BCUT2D eigenvalue weighted by molar-refractivity contribution is 6.31. The molecule has 2 heterocycles. The summed E-state index contributed by atoms with van der Waals surface area (Å²) in [5, 5.41) is 0.113. The molecule has 0 N–H and O–H groups in total. The molecule has 0 saturated carbocycles. The van der Waals surface area contributed by atoms with Crippen LogP contribution in [0.5, 0.6) is 0 Å². The Morgan fingerprint density at radius 3 is 2.86 bits per heavy atom. The van der Waals surface area contributed by atoms with Gasteiger partial charge in [0.15, 0.2) is 0 Å². The van der Waals surface area contributed by atoms with Gasteiger partial charge in [0.05, 0.1) is 30.0 Å². The fourth-order valence-corrected chi connectivity index (χ4v) is 2.85. The third-order valence-corrected chi connectivity index (χ3v) is 4.12. The average Bonchev–Trinajstić information content (AvgIpc) is 2.50. The van der Waals surface area contributed by atoms with Crippen LogP contribution in [-0.2, 0) is 4.74 Å². The van der Waals surface area contributed by atoms with Crippen molar-refractivity contribution in [1.82, 2.24) is 4.98 Å². The number of hydrogen-bond acceptors (Lipinski definition) is 3. The zero-order valence-electron chi connectivity index (χ0n) is 12.6. The van der Waals surface area contributed by atoms with Crippen LogP contribution in [-0.4, -0.2) is 30.8 Å². The zero-order chi connectivity index (χ0) is 15.7. The minimum atomic E-state index is -0.417. The maximum Gasteiger partial charge on any atom is 0.141 e. The van der Waals surface area contributed by atoms with Gasteiger partial charge in [-0.15, -0.1) is 0 Å². The number of anilines is 1. The highest BCUT2D eigenvalue weighted by Gasteiger charge is 2.21. The molecule has 0 amide bonds. The minimum absolute atomic E-state index is 0.113. The molecule has 0 radical (unpaired) electrons. The molecular formula is C17H18ClFN2O. The molecule has 2 aromatic rings. The van der Waals surface area contributed by atoms with E-state index in [9.17, 15) is 4.39 Å². The second kappa shape index (κ2) is 6.23. The number of pyridine rings is 1. The zero-order valence-corrected chi connectivity index (χ0v) is 13.4. The van der Waals surface area contributed by atoms with Crippen LogP contribution in [0, 0.1) is 12.7 Å². The summed E-state index contributed by atoms with van der Waals surface area (Å²) in [6.45, 7) is 6.38. The predicted octanol–water partition coefficient (Wildman–Crippen LogP) is 4.07. The monoisotopic (exact) mass is 320 g/mol. The van der Waals surface area contributed by atoms with E-state index in [2.05, 4.69) is 17.9 Å². The number of ether oxygens (including phenoxy) is 1. The summed E-state index contributed by atoms with van der Waals surface area (Å²) in [5.74, 6) is 0.506. The van der Waals surface area contributed by atoms with Crippen molar-refractivity contribution >= 4 is 17.4 Å². The number of aromatic nitrogens is 1. The summed E-state index contributed by atoms with van der Waals surface area (Å²) in [6, 6.07) is 9.03. The van der Waals surface area contributed by atoms with E-state index in [-0.39, 0.29) is 11.1 Å². The quantitative estimate of drug-likeness (QED) is 0.834. The molecule has 1 saturated heterocycles. The number of hydrogen-bond donors (Lipinski definition) is 0. The third-order valence-electron chi connectivity index (χ3n) is 3.83. The Bertz CT molecular complexity index is 692. The van der Waals surface area contributed by atoms with Gasteiger partial charge in [-0.3, -0.25) is 0 Å². The second-order valence-corrected chi connectivity index (χ2v) is 6.04. The Balaban J connectivity index is 2.00. The molecule has 1 fully saturated rings. The highest BCUT2D eigenvalue weighted by Crippen LogP contribution is 2.27. The number of benzene rings is 1. The molecule has 1 aliphatic rings. The lowest BCUT2D eigenvalue weighted by Crippen LogP contribution is -2.44. The lowest BCUT2D eigenvalue weighted by Gasteiger charge is -2.34. The molecule has 0 spiro atoms. The van der Waals surface area contributed by atoms with Crippen molar-refractivity contribution in [3.63, 3.8) is 0 Å². The lowest BCUT2D eigenvalue weighted by atomic mass is 10.1. The van der Waals surface area contributed by atoms with Crippen molar-refractivity contribution < 1.29 is 9.13 Å². The van der Waals surface area contributed by atoms with E-state index in [1.807, 2.05) is 13.0 Å². The number of halogens is 2. The molecule has 3 nitrogen and oxygen atoms in total. The van der Waals surface area contributed by atoms with Crippen LogP contribution in [0.2, 0.25) is 5.02 Å². The first kappa shape index (κ1) is 15.3. The fraction of sp³-hybridized carbons (Fsp3) is 0.353. The van der Waals surface area contributed by atoms with Crippen LogP contribution in [0.3, 0.4) is 0 Å². The Hall–Kier alpha value is -1.65. The van der Waals surface area contributed by atoms with E-state index in [0.29, 0.717) is 13.2 Å². The first-order valence-electron chi connectivity index (χ1n) is 7.33. The van der Waals surface area contributed by atoms with Crippen LogP contribution < -0.4 is 4.90 Å². The van der Waals surface area contributed by atoms with Gasteiger partial charge in [-0.1, -0.05) is 11.6 Å². The van der Waals surface area contributed by atoms with E-state index >= 15 is 0 Å².